The van der Waals surface area contributed by atoms with E-state index in [1.807, 2.05) is 57.2 Å². The van der Waals surface area contributed by atoms with E-state index in [0.717, 1.165) is 32.5 Å². The van der Waals surface area contributed by atoms with Crippen molar-refractivity contribution in [1.29, 1.82) is 0 Å². The minimum absolute atomic E-state index is 0.247. The number of benzene rings is 2. The van der Waals surface area contributed by atoms with Crippen molar-refractivity contribution < 1.29 is 4.79 Å². The van der Waals surface area contributed by atoms with Crippen molar-refractivity contribution in [3.05, 3.63) is 57.6 Å². The second-order valence-electron chi connectivity index (χ2n) is 4.89. The summed E-state index contributed by atoms with van der Waals surface area (Å²) in [6.07, 6.45) is 0. The third-order valence-corrected chi connectivity index (χ3v) is 3.57. The summed E-state index contributed by atoms with van der Waals surface area (Å²) < 4.78 is 0.884. The van der Waals surface area contributed by atoms with Crippen LogP contribution in [0.1, 0.15) is 16.7 Å². The average molecular weight is 333 g/mol. The van der Waals surface area contributed by atoms with Crippen molar-refractivity contribution in [2.45, 2.75) is 20.8 Å². The molecule has 2 N–H and O–H groups in total. The lowest BCUT2D eigenvalue weighted by Gasteiger charge is -2.13. The SMILES string of the molecule is Cc1cccc(NC(=O)Nc2c(C)cc(C)cc2Br)c1. The van der Waals surface area contributed by atoms with E-state index >= 15 is 0 Å². The molecule has 0 aromatic heterocycles. The summed E-state index contributed by atoms with van der Waals surface area (Å²) in [5.74, 6) is 0. The van der Waals surface area contributed by atoms with E-state index in [1.165, 1.54) is 0 Å². The first-order valence-electron chi connectivity index (χ1n) is 6.37. The molecule has 2 rings (SSSR count). The van der Waals surface area contributed by atoms with Gasteiger partial charge in [-0.05, 0) is 71.6 Å². The number of hydrogen-bond donors (Lipinski definition) is 2. The molecular weight excluding hydrogens is 316 g/mol. The number of urea groups is 1. The standard InChI is InChI=1S/C16H17BrN2O/c1-10-5-4-6-13(8-10)18-16(20)19-15-12(3)7-11(2)9-14(15)17/h4-9H,1-3H3,(H2,18,19,20). The van der Waals surface area contributed by atoms with Crippen molar-refractivity contribution in [3.8, 4) is 0 Å². The number of anilines is 2. The molecule has 0 bridgehead atoms. The van der Waals surface area contributed by atoms with Crippen LogP contribution in [0.4, 0.5) is 16.2 Å². The molecule has 0 aliphatic heterocycles. The molecule has 0 saturated heterocycles. The largest absolute Gasteiger partial charge is 0.323 e. The van der Waals surface area contributed by atoms with Crippen LogP contribution in [0, 0.1) is 20.8 Å². The summed E-state index contributed by atoms with van der Waals surface area (Å²) in [6, 6.07) is 11.5. The Labute approximate surface area is 127 Å². The van der Waals surface area contributed by atoms with Crippen LogP contribution >= 0.6 is 15.9 Å². The van der Waals surface area contributed by atoms with E-state index in [0.29, 0.717) is 0 Å². The van der Waals surface area contributed by atoms with Crippen molar-refractivity contribution in [3.63, 3.8) is 0 Å². The van der Waals surface area contributed by atoms with E-state index in [2.05, 4.69) is 26.6 Å². The van der Waals surface area contributed by atoms with Crippen LogP contribution in [0.15, 0.2) is 40.9 Å². The van der Waals surface area contributed by atoms with E-state index in [9.17, 15) is 4.79 Å². The van der Waals surface area contributed by atoms with E-state index in [1.54, 1.807) is 0 Å². The molecule has 3 nitrogen and oxygen atoms in total. The van der Waals surface area contributed by atoms with Crippen LogP contribution < -0.4 is 10.6 Å². The highest BCUT2D eigenvalue weighted by Gasteiger charge is 2.09. The van der Waals surface area contributed by atoms with Gasteiger partial charge in [0.1, 0.15) is 0 Å². The first-order valence-corrected chi connectivity index (χ1v) is 7.16. The van der Waals surface area contributed by atoms with Crippen LogP contribution in [0.5, 0.6) is 0 Å². The zero-order chi connectivity index (χ0) is 14.7. The molecule has 2 aromatic rings. The fourth-order valence-corrected chi connectivity index (χ4v) is 2.85. The van der Waals surface area contributed by atoms with Gasteiger partial charge in [0.15, 0.2) is 0 Å². The number of hydrogen-bond acceptors (Lipinski definition) is 1. The van der Waals surface area contributed by atoms with Crippen molar-refractivity contribution >= 4 is 33.3 Å². The lowest BCUT2D eigenvalue weighted by Crippen LogP contribution is -2.20. The van der Waals surface area contributed by atoms with Crippen LogP contribution in [0.2, 0.25) is 0 Å². The summed E-state index contributed by atoms with van der Waals surface area (Å²) in [5.41, 5.74) is 4.86. The first kappa shape index (κ1) is 14.6. The Morgan fingerprint density at radius 1 is 1.00 bits per heavy atom. The second-order valence-corrected chi connectivity index (χ2v) is 5.74. The molecule has 0 aliphatic rings. The maximum atomic E-state index is 12.0. The second kappa shape index (κ2) is 6.09. The Bertz CT molecular complexity index is 630. The predicted molar refractivity (Wildman–Crippen MR) is 87.4 cm³/mol. The highest BCUT2D eigenvalue weighted by atomic mass is 79.9. The molecule has 0 saturated carbocycles. The van der Waals surface area contributed by atoms with Gasteiger partial charge >= 0.3 is 6.03 Å². The smallest absolute Gasteiger partial charge is 0.308 e. The molecule has 4 heteroatoms. The van der Waals surface area contributed by atoms with Gasteiger partial charge < -0.3 is 10.6 Å². The zero-order valence-electron chi connectivity index (χ0n) is 11.8. The van der Waals surface area contributed by atoms with Crippen LogP contribution in [-0.4, -0.2) is 6.03 Å². The average Bonchev–Trinajstić information content (AvgIpc) is 2.33. The molecule has 0 heterocycles. The third-order valence-electron chi connectivity index (χ3n) is 2.95. The maximum absolute atomic E-state index is 12.0. The monoisotopic (exact) mass is 332 g/mol. The van der Waals surface area contributed by atoms with Crippen molar-refractivity contribution in [2.24, 2.45) is 0 Å². The van der Waals surface area contributed by atoms with Gasteiger partial charge in [0.2, 0.25) is 0 Å². The minimum atomic E-state index is -0.247. The molecule has 0 aliphatic carbocycles. The van der Waals surface area contributed by atoms with Gasteiger partial charge in [-0.25, -0.2) is 4.79 Å². The van der Waals surface area contributed by atoms with E-state index < -0.39 is 0 Å². The van der Waals surface area contributed by atoms with Crippen molar-refractivity contribution in [2.75, 3.05) is 10.6 Å². The van der Waals surface area contributed by atoms with Crippen LogP contribution in [0.25, 0.3) is 0 Å². The third kappa shape index (κ3) is 3.61. The zero-order valence-corrected chi connectivity index (χ0v) is 13.3. The topological polar surface area (TPSA) is 41.1 Å². The van der Waals surface area contributed by atoms with Gasteiger partial charge in [-0.2, -0.15) is 0 Å². The van der Waals surface area contributed by atoms with Crippen molar-refractivity contribution in [1.82, 2.24) is 0 Å². The highest BCUT2D eigenvalue weighted by Crippen LogP contribution is 2.27. The molecule has 0 fully saturated rings. The predicted octanol–water partition coefficient (Wildman–Crippen LogP) is 5.02. The molecule has 0 atom stereocenters. The molecular formula is C16H17BrN2O. The fourth-order valence-electron chi connectivity index (χ4n) is 2.07. The van der Waals surface area contributed by atoms with E-state index in [-0.39, 0.29) is 6.03 Å². The number of carbonyl (C=O) groups excluding carboxylic acids is 1. The van der Waals surface area contributed by atoms with Crippen LogP contribution in [0.3, 0.4) is 0 Å². The van der Waals surface area contributed by atoms with Gasteiger partial charge in [0, 0.05) is 10.2 Å². The number of carbonyl (C=O) groups is 1. The Balaban J connectivity index is 2.13. The van der Waals surface area contributed by atoms with Crippen LogP contribution in [-0.2, 0) is 0 Å². The quantitative estimate of drug-likeness (QED) is 0.796. The van der Waals surface area contributed by atoms with Gasteiger partial charge in [-0.1, -0.05) is 18.2 Å². The van der Waals surface area contributed by atoms with Gasteiger partial charge in [0.05, 0.1) is 5.69 Å². The molecule has 2 aromatic carbocycles. The maximum Gasteiger partial charge on any atom is 0.323 e. The van der Waals surface area contributed by atoms with Gasteiger partial charge in [-0.3, -0.25) is 0 Å². The Kier molecular flexibility index (Phi) is 4.45. The molecule has 2 amide bonds. The normalized spacial score (nSPS) is 10.2. The number of halogens is 1. The summed E-state index contributed by atoms with van der Waals surface area (Å²) in [4.78, 5) is 12.0. The van der Waals surface area contributed by atoms with Gasteiger partial charge in [0.25, 0.3) is 0 Å². The first-order chi connectivity index (χ1) is 9.45. The highest BCUT2D eigenvalue weighted by molar-refractivity contribution is 9.10. The molecule has 0 spiro atoms. The summed E-state index contributed by atoms with van der Waals surface area (Å²) in [6.45, 7) is 5.98. The summed E-state index contributed by atoms with van der Waals surface area (Å²) >= 11 is 3.48. The Morgan fingerprint density at radius 3 is 2.40 bits per heavy atom. The lowest BCUT2D eigenvalue weighted by atomic mass is 10.1. The Hall–Kier alpha value is -1.81. The minimum Gasteiger partial charge on any atom is -0.308 e. The number of aryl methyl sites for hydroxylation is 3. The van der Waals surface area contributed by atoms with Gasteiger partial charge in [-0.15, -0.1) is 0 Å². The number of rotatable bonds is 2. The molecule has 0 radical (unpaired) electrons. The summed E-state index contributed by atoms with van der Waals surface area (Å²) in [7, 11) is 0. The fraction of sp³-hybridized carbons (Fsp3) is 0.188. The summed E-state index contributed by atoms with van der Waals surface area (Å²) in [5, 5.41) is 5.71. The molecule has 20 heavy (non-hydrogen) atoms. The lowest BCUT2D eigenvalue weighted by molar-refractivity contribution is 0.262. The number of amides is 2. The molecule has 104 valence electrons. The Morgan fingerprint density at radius 2 is 1.75 bits per heavy atom. The molecule has 0 unspecified atom stereocenters. The van der Waals surface area contributed by atoms with E-state index in [4.69, 9.17) is 0 Å². The number of nitrogens with one attached hydrogen (secondary N) is 2.